The third-order valence-corrected chi connectivity index (χ3v) is 4.44. The quantitative estimate of drug-likeness (QED) is 0.896. The van der Waals surface area contributed by atoms with Crippen LogP contribution in [0.15, 0.2) is 36.5 Å². The van der Waals surface area contributed by atoms with Gasteiger partial charge in [0.05, 0.1) is 0 Å². The van der Waals surface area contributed by atoms with Crippen LogP contribution >= 0.6 is 0 Å². The van der Waals surface area contributed by atoms with E-state index in [0.717, 1.165) is 13.0 Å². The minimum absolute atomic E-state index is 0.239. The molecule has 1 unspecified atom stereocenters. The predicted molar refractivity (Wildman–Crippen MR) is 83.9 cm³/mol. The van der Waals surface area contributed by atoms with Crippen molar-refractivity contribution in [2.75, 3.05) is 0 Å². The zero-order valence-corrected chi connectivity index (χ0v) is 12.5. The van der Waals surface area contributed by atoms with Crippen LogP contribution in [0.5, 0.6) is 0 Å². The topological polar surface area (TPSA) is 30.9 Å². The first kappa shape index (κ1) is 13.4. The number of nitrogens with two attached hydrogens (primary N) is 1. The molecule has 0 amide bonds. The van der Waals surface area contributed by atoms with Crippen molar-refractivity contribution in [3.05, 3.63) is 58.9 Å². The van der Waals surface area contributed by atoms with E-state index in [9.17, 15) is 0 Å². The van der Waals surface area contributed by atoms with Gasteiger partial charge < -0.3 is 10.3 Å². The Labute approximate surface area is 121 Å². The molecule has 1 aromatic carbocycles. The highest BCUT2D eigenvalue weighted by Crippen LogP contribution is 2.29. The van der Waals surface area contributed by atoms with Gasteiger partial charge in [-0.25, -0.2) is 0 Å². The number of benzene rings is 1. The summed E-state index contributed by atoms with van der Waals surface area (Å²) >= 11 is 0. The summed E-state index contributed by atoms with van der Waals surface area (Å²) in [5.74, 6) is 0.599. The van der Waals surface area contributed by atoms with Crippen molar-refractivity contribution in [1.29, 1.82) is 0 Å². The largest absolute Gasteiger partial charge is 0.347 e. The van der Waals surface area contributed by atoms with Gasteiger partial charge in [-0.2, -0.15) is 0 Å². The second-order valence-electron chi connectivity index (χ2n) is 6.24. The minimum atomic E-state index is 0.239. The van der Waals surface area contributed by atoms with Crippen LogP contribution < -0.4 is 5.73 Å². The van der Waals surface area contributed by atoms with Gasteiger partial charge in [-0.15, -0.1) is 0 Å². The molecule has 0 saturated carbocycles. The molecule has 1 heterocycles. The molecule has 1 atom stereocenters. The number of hydrogen-bond acceptors (Lipinski definition) is 1. The Morgan fingerprint density at radius 3 is 2.65 bits per heavy atom. The molecule has 0 aliphatic heterocycles. The molecule has 1 aliphatic carbocycles. The minimum Gasteiger partial charge on any atom is -0.347 e. The van der Waals surface area contributed by atoms with Crippen molar-refractivity contribution in [1.82, 2.24) is 4.57 Å². The fourth-order valence-electron chi connectivity index (χ4n) is 3.15. The lowest BCUT2D eigenvalue weighted by Gasteiger charge is -2.21. The van der Waals surface area contributed by atoms with Gasteiger partial charge in [0.25, 0.3) is 0 Å². The van der Waals surface area contributed by atoms with Gasteiger partial charge in [0.15, 0.2) is 0 Å². The SMILES string of the molecule is CC(C)c1ccc(Cn2ccc3c2CCCC3N)cc1. The van der Waals surface area contributed by atoms with Gasteiger partial charge in [0, 0.05) is 24.5 Å². The second-order valence-corrected chi connectivity index (χ2v) is 6.24. The number of aromatic nitrogens is 1. The maximum absolute atomic E-state index is 6.19. The third kappa shape index (κ3) is 2.53. The van der Waals surface area contributed by atoms with Gasteiger partial charge in [-0.1, -0.05) is 38.1 Å². The molecule has 0 fully saturated rings. The van der Waals surface area contributed by atoms with Crippen molar-refractivity contribution >= 4 is 0 Å². The van der Waals surface area contributed by atoms with Crippen molar-refractivity contribution in [2.24, 2.45) is 5.73 Å². The Kier molecular flexibility index (Phi) is 3.66. The van der Waals surface area contributed by atoms with Crippen LogP contribution in [0.2, 0.25) is 0 Å². The monoisotopic (exact) mass is 268 g/mol. The molecule has 0 bridgehead atoms. The second kappa shape index (κ2) is 5.45. The summed E-state index contributed by atoms with van der Waals surface area (Å²) in [5, 5.41) is 0. The lowest BCUT2D eigenvalue weighted by atomic mass is 9.93. The zero-order chi connectivity index (χ0) is 14.1. The first-order valence-corrected chi connectivity index (χ1v) is 7.67. The van der Waals surface area contributed by atoms with E-state index >= 15 is 0 Å². The number of fused-ring (bicyclic) bond motifs is 1. The van der Waals surface area contributed by atoms with E-state index in [-0.39, 0.29) is 6.04 Å². The van der Waals surface area contributed by atoms with Crippen LogP contribution in [0, 0.1) is 0 Å². The zero-order valence-electron chi connectivity index (χ0n) is 12.5. The molecular weight excluding hydrogens is 244 g/mol. The summed E-state index contributed by atoms with van der Waals surface area (Å²) in [6, 6.07) is 11.5. The van der Waals surface area contributed by atoms with E-state index in [1.54, 1.807) is 0 Å². The molecule has 0 saturated heterocycles. The lowest BCUT2D eigenvalue weighted by Crippen LogP contribution is -2.18. The summed E-state index contributed by atoms with van der Waals surface area (Å²) in [4.78, 5) is 0. The molecule has 0 radical (unpaired) electrons. The Hall–Kier alpha value is -1.54. The molecule has 20 heavy (non-hydrogen) atoms. The van der Waals surface area contributed by atoms with E-state index in [1.165, 1.54) is 35.2 Å². The standard InChI is InChI=1S/C18H24N2/c1-13(2)15-8-6-14(7-9-15)12-20-11-10-16-17(19)4-3-5-18(16)20/h6-11,13,17H,3-5,12,19H2,1-2H3. The van der Waals surface area contributed by atoms with Gasteiger partial charge in [0.1, 0.15) is 0 Å². The molecular formula is C18H24N2. The summed E-state index contributed by atoms with van der Waals surface area (Å²) < 4.78 is 2.37. The Morgan fingerprint density at radius 1 is 1.20 bits per heavy atom. The first-order chi connectivity index (χ1) is 9.65. The highest BCUT2D eigenvalue weighted by molar-refractivity contribution is 5.30. The van der Waals surface area contributed by atoms with Crippen molar-refractivity contribution in [2.45, 2.75) is 51.6 Å². The lowest BCUT2D eigenvalue weighted by molar-refractivity contribution is 0.548. The Balaban J connectivity index is 1.81. The number of hydrogen-bond donors (Lipinski definition) is 1. The fraction of sp³-hybridized carbons (Fsp3) is 0.444. The Morgan fingerprint density at radius 2 is 1.95 bits per heavy atom. The molecule has 0 spiro atoms. The van der Waals surface area contributed by atoms with Crippen LogP contribution in [0.3, 0.4) is 0 Å². The molecule has 2 heteroatoms. The van der Waals surface area contributed by atoms with Crippen LogP contribution in [-0.4, -0.2) is 4.57 Å². The van der Waals surface area contributed by atoms with Crippen molar-refractivity contribution in [3.63, 3.8) is 0 Å². The predicted octanol–water partition coefficient (Wildman–Crippen LogP) is 4.00. The van der Waals surface area contributed by atoms with Gasteiger partial charge in [-0.3, -0.25) is 0 Å². The molecule has 2 aromatic rings. The van der Waals surface area contributed by atoms with Crippen molar-refractivity contribution in [3.8, 4) is 0 Å². The highest BCUT2D eigenvalue weighted by atomic mass is 15.0. The van der Waals surface area contributed by atoms with Crippen LogP contribution in [-0.2, 0) is 13.0 Å². The van der Waals surface area contributed by atoms with E-state index in [2.05, 4.69) is 54.9 Å². The summed E-state index contributed by atoms with van der Waals surface area (Å²) in [6.07, 6.45) is 5.71. The van der Waals surface area contributed by atoms with Gasteiger partial charge in [-0.05, 0) is 47.9 Å². The van der Waals surface area contributed by atoms with E-state index in [0.29, 0.717) is 5.92 Å². The van der Waals surface area contributed by atoms with Crippen LogP contribution in [0.25, 0.3) is 0 Å². The molecule has 3 rings (SSSR count). The van der Waals surface area contributed by atoms with E-state index in [4.69, 9.17) is 5.73 Å². The summed E-state index contributed by atoms with van der Waals surface area (Å²) in [5.41, 5.74) is 11.8. The van der Waals surface area contributed by atoms with Gasteiger partial charge in [0.2, 0.25) is 0 Å². The first-order valence-electron chi connectivity index (χ1n) is 7.67. The molecule has 106 valence electrons. The summed E-state index contributed by atoms with van der Waals surface area (Å²) in [7, 11) is 0. The van der Waals surface area contributed by atoms with Gasteiger partial charge >= 0.3 is 0 Å². The maximum Gasteiger partial charge on any atom is 0.0472 e. The van der Waals surface area contributed by atoms with Crippen LogP contribution in [0.4, 0.5) is 0 Å². The average molecular weight is 268 g/mol. The molecule has 2 N–H and O–H groups in total. The smallest absolute Gasteiger partial charge is 0.0472 e. The number of rotatable bonds is 3. The Bertz CT molecular complexity index is 578. The normalized spacial score (nSPS) is 18.3. The molecule has 1 aromatic heterocycles. The maximum atomic E-state index is 6.19. The van der Waals surface area contributed by atoms with E-state index in [1.807, 2.05) is 0 Å². The third-order valence-electron chi connectivity index (χ3n) is 4.44. The molecule has 2 nitrogen and oxygen atoms in total. The highest BCUT2D eigenvalue weighted by Gasteiger charge is 2.19. The van der Waals surface area contributed by atoms with Crippen LogP contribution in [0.1, 0.15) is 61.0 Å². The average Bonchev–Trinajstić information content (AvgIpc) is 2.84. The fourth-order valence-corrected chi connectivity index (χ4v) is 3.15. The summed E-state index contributed by atoms with van der Waals surface area (Å²) in [6.45, 7) is 5.43. The van der Waals surface area contributed by atoms with Crippen molar-refractivity contribution < 1.29 is 0 Å². The molecule has 1 aliphatic rings. The number of nitrogens with zero attached hydrogens (tertiary/aromatic N) is 1. The van der Waals surface area contributed by atoms with E-state index < -0.39 is 0 Å².